The Morgan fingerprint density at radius 3 is 2.69 bits per heavy atom. The topological polar surface area (TPSA) is 30.5 Å². The Kier molecular flexibility index (Phi) is 7.81. The van der Waals surface area contributed by atoms with E-state index in [0.717, 1.165) is 38.1 Å². The summed E-state index contributed by atoms with van der Waals surface area (Å²) in [5.41, 5.74) is 0. The zero-order valence-corrected chi connectivity index (χ0v) is 10.8. The molecule has 0 amide bonds. The molecule has 3 nitrogen and oxygen atoms in total. The van der Waals surface area contributed by atoms with E-state index >= 15 is 0 Å². The fraction of sp³-hybridized carbons (Fsp3) is 1.00. The Morgan fingerprint density at radius 2 is 2.00 bits per heavy atom. The predicted octanol–water partition coefficient (Wildman–Crippen LogP) is 2.21. The first kappa shape index (κ1) is 13.9. The predicted molar refractivity (Wildman–Crippen MR) is 66.7 cm³/mol. The second kappa shape index (κ2) is 8.97. The Bertz CT molecular complexity index is 164. The number of methoxy groups -OCH3 is 1. The lowest BCUT2D eigenvalue weighted by atomic mass is 10.1. The van der Waals surface area contributed by atoms with Gasteiger partial charge in [-0.15, -0.1) is 0 Å². The first-order chi connectivity index (χ1) is 7.83. The molecule has 1 rings (SSSR count). The molecule has 1 saturated carbocycles. The summed E-state index contributed by atoms with van der Waals surface area (Å²) in [6.45, 7) is 5.80. The monoisotopic (exact) mass is 229 g/mol. The van der Waals surface area contributed by atoms with Gasteiger partial charge in [0.2, 0.25) is 0 Å². The van der Waals surface area contributed by atoms with Gasteiger partial charge in [-0.2, -0.15) is 0 Å². The number of nitrogens with one attached hydrogen (secondary N) is 1. The van der Waals surface area contributed by atoms with Crippen LogP contribution in [0.2, 0.25) is 0 Å². The Balaban J connectivity index is 1.78. The van der Waals surface area contributed by atoms with Crippen molar-refractivity contribution in [2.24, 2.45) is 5.92 Å². The fourth-order valence-corrected chi connectivity index (χ4v) is 2.27. The minimum absolute atomic E-state index is 0.707. The van der Waals surface area contributed by atoms with Crippen LogP contribution in [0.5, 0.6) is 0 Å². The summed E-state index contributed by atoms with van der Waals surface area (Å²) in [4.78, 5) is 0. The maximum atomic E-state index is 5.41. The van der Waals surface area contributed by atoms with Crippen molar-refractivity contribution in [3.8, 4) is 0 Å². The fourth-order valence-electron chi connectivity index (χ4n) is 2.27. The third-order valence-corrected chi connectivity index (χ3v) is 3.28. The highest BCUT2D eigenvalue weighted by molar-refractivity contribution is 4.77. The Morgan fingerprint density at radius 1 is 1.12 bits per heavy atom. The first-order valence-electron chi connectivity index (χ1n) is 6.63. The van der Waals surface area contributed by atoms with Gasteiger partial charge in [-0.1, -0.05) is 6.92 Å². The van der Waals surface area contributed by atoms with Crippen LogP contribution in [0.15, 0.2) is 0 Å². The van der Waals surface area contributed by atoms with Gasteiger partial charge in [0.25, 0.3) is 0 Å². The summed E-state index contributed by atoms with van der Waals surface area (Å²) in [5.74, 6) is 0.926. The molecule has 1 N–H and O–H groups in total. The molecule has 0 spiro atoms. The van der Waals surface area contributed by atoms with Gasteiger partial charge in [-0.3, -0.25) is 0 Å². The number of unbranched alkanes of at least 4 members (excludes halogenated alkanes) is 1. The molecule has 0 bridgehead atoms. The largest absolute Gasteiger partial charge is 0.382 e. The molecule has 0 aliphatic heterocycles. The van der Waals surface area contributed by atoms with Crippen molar-refractivity contribution in [2.75, 3.05) is 33.5 Å². The lowest BCUT2D eigenvalue weighted by Gasteiger charge is -2.12. The highest BCUT2D eigenvalue weighted by Gasteiger charge is 2.19. The summed E-state index contributed by atoms with van der Waals surface area (Å²) in [6.07, 6.45) is 6.50. The minimum Gasteiger partial charge on any atom is -0.382 e. The van der Waals surface area contributed by atoms with Crippen LogP contribution in [-0.2, 0) is 9.47 Å². The van der Waals surface area contributed by atoms with Crippen molar-refractivity contribution in [1.29, 1.82) is 0 Å². The smallest absolute Gasteiger partial charge is 0.0700 e. The van der Waals surface area contributed by atoms with Crippen LogP contribution < -0.4 is 5.32 Å². The van der Waals surface area contributed by atoms with Crippen molar-refractivity contribution in [2.45, 2.75) is 45.1 Å². The summed E-state index contributed by atoms with van der Waals surface area (Å²) in [6, 6.07) is 0.782. The highest BCUT2D eigenvalue weighted by Crippen LogP contribution is 2.24. The molecular formula is C13H27NO2. The van der Waals surface area contributed by atoms with Gasteiger partial charge >= 0.3 is 0 Å². The SMILES string of the molecule is COCCOCCCCNC1CCC(C)C1. The quantitative estimate of drug-likeness (QED) is 0.615. The maximum Gasteiger partial charge on any atom is 0.0700 e. The summed E-state index contributed by atoms with van der Waals surface area (Å²) in [5, 5.41) is 3.63. The average Bonchev–Trinajstić information content (AvgIpc) is 2.68. The second-order valence-electron chi connectivity index (χ2n) is 4.88. The van der Waals surface area contributed by atoms with Crippen LogP contribution in [-0.4, -0.2) is 39.5 Å². The number of ether oxygens (including phenoxy) is 2. The van der Waals surface area contributed by atoms with Crippen molar-refractivity contribution < 1.29 is 9.47 Å². The van der Waals surface area contributed by atoms with Crippen LogP contribution in [0, 0.1) is 5.92 Å². The molecule has 0 aromatic rings. The first-order valence-corrected chi connectivity index (χ1v) is 6.63. The van der Waals surface area contributed by atoms with Crippen molar-refractivity contribution >= 4 is 0 Å². The van der Waals surface area contributed by atoms with Gasteiger partial charge in [0.1, 0.15) is 0 Å². The summed E-state index contributed by atoms with van der Waals surface area (Å²) >= 11 is 0. The van der Waals surface area contributed by atoms with E-state index in [9.17, 15) is 0 Å². The van der Waals surface area contributed by atoms with Crippen LogP contribution >= 0.6 is 0 Å². The second-order valence-corrected chi connectivity index (χ2v) is 4.88. The Hall–Kier alpha value is -0.120. The number of hydrogen-bond donors (Lipinski definition) is 1. The van der Waals surface area contributed by atoms with Crippen molar-refractivity contribution in [3.63, 3.8) is 0 Å². The third kappa shape index (κ3) is 6.46. The molecule has 1 aliphatic carbocycles. The van der Waals surface area contributed by atoms with Gasteiger partial charge in [-0.25, -0.2) is 0 Å². The average molecular weight is 229 g/mol. The molecule has 96 valence electrons. The van der Waals surface area contributed by atoms with E-state index in [0.29, 0.717) is 6.61 Å². The van der Waals surface area contributed by atoms with Gasteiger partial charge in [-0.05, 0) is 44.6 Å². The summed E-state index contributed by atoms with van der Waals surface area (Å²) < 4.78 is 10.3. The van der Waals surface area contributed by atoms with E-state index in [1.54, 1.807) is 7.11 Å². The van der Waals surface area contributed by atoms with Gasteiger partial charge in [0.05, 0.1) is 13.2 Å². The van der Waals surface area contributed by atoms with Gasteiger partial charge < -0.3 is 14.8 Å². The van der Waals surface area contributed by atoms with Gasteiger partial charge in [0.15, 0.2) is 0 Å². The zero-order valence-electron chi connectivity index (χ0n) is 10.8. The molecule has 16 heavy (non-hydrogen) atoms. The molecule has 0 heterocycles. The Labute approximate surface area is 99.9 Å². The van der Waals surface area contributed by atoms with Crippen LogP contribution in [0.1, 0.15) is 39.0 Å². The maximum absolute atomic E-state index is 5.41. The minimum atomic E-state index is 0.707. The van der Waals surface area contributed by atoms with Crippen molar-refractivity contribution in [1.82, 2.24) is 5.32 Å². The highest BCUT2D eigenvalue weighted by atomic mass is 16.5. The standard InChI is InChI=1S/C13H27NO2/c1-12-5-6-13(11-12)14-7-3-4-8-16-10-9-15-2/h12-14H,3-11H2,1-2H3. The molecule has 0 aromatic heterocycles. The molecule has 2 unspecified atom stereocenters. The molecule has 1 fully saturated rings. The van der Waals surface area contributed by atoms with E-state index in [-0.39, 0.29) is 0 Å². The van der Waals surface area contributed by atoms with E-state index in [4.69, 9.17) is 9.47 Å². The molecule has 3 heteroatoms. The molecular weight excluding hydrogens is 202 g/mol. The van der Waals surface area contributed by atoms with E-state index in [1.807, 2.05) is 0 Å². The van der Waals surface area contributed by atoms with E-state index < -0.39 is 0 Å². The van der Waals surface area contributed by atoms with Crippen LogP contribution in [0.3, 0.4) is 0 Å². The third-order valence-electron chi connectivity index (χ3n) is 3.28. The molecule has 0 saturated heterocycles. The molecule has 0 aromatic carbocycles. The summed E-state index contributed by atoms with van der Waals surface area (Å²) in [7, 11) is 1.70. The zero-order chi connectivity index (χ0) is 11.6. The number of hydrogen-bond acceptors (Lipinski definition) is 3. The molecule has 2 atom stereocenters. The lowest BCUT2D eigenvalue weighted by molar-refractivity contribution is 0.0687. The lowest BCUT2D eigenvalue weighted by Crippen LogP contribution is -2.27. The van der Waals surface area contributed by atoms with E-state index in [2.05, 4.69) is 12.2 Å². The van der Waals surface area contributed by atoms with E-state index in [1.165, 1.54) is 25.7 Å². The van der Waals surface area contributed by atoms with Crippen LogP contribution in [0.25, 0.3) is 0 Å². The number of rotatable bonds is 9. The van der Waals surface area contributed by atoms with Crippen molar-refractivity contribution in [3.05, 3.63) is 0 Å². The normalized spacial score (nSPS) is 25.1. The molecule has 1 aliphatic rings. The van der Waals surface area contributed by atoms with Gasteiger partial charge in [0, 0.05) is 19.8 Å². The van der Waals surface area contributed by atoms with Crippen LogP contribution in [0.4, 0.5) is 0 Å². The molecule has 0 radical (unpaired) electrons.